The van der Waals surface area contributed by atoms with E-state index in [1.165, 1.54) is 12.2 Å². The highest BCUT2D eigenvalue weighted by Crippen LogP contribution is 2.72. The average molecular weight is 583 g/mol. The number of epoxide rings is 1. The van der Waals surface area contributed by atoms with Gasteiger partial charge in [-0.3, -0.25) is 9.59 Å². The molecular formula is C34H50O6Si. The highest BCUT2D eigenvalue weighted by Gasteiger charge is 2.80. The smallest absolute Gasteiger partial charge is 0.336 e. The van der Waals surface area contributed by atoms with Crippen molar-refractivity contribution in [2.45, 2.75) is 123 Å². The van der Waals surface area contributed by atoms with Crippen molar-refractivity contribution >= 4 is 25.9 Å². The van der Waals surface area contributed by atoms with Crippen LogP contribution in [0.5, 0.6) is 0 Å². The number of hydrogen-bond acceptors (Lipinski definition) is 6. The predicted molar refractivity (Wildman–Crippen MR) is 160 cm³/mol. The van der Waals surface area contributed by atoms with Gasteiger partial charge in [-0.1, -0.05) is 40.2 Å². The quantitative estimate of drug-likeness (QED) is 0.182. The number of cyclic esters (lactones) is 1. The van der Waals surface area contributed by atoms with Crippen molar-refractivity contribution in [3.05, 3.63) is 23.3 Å². The molecule has 0 unspecified atom stereocenters. The van der Waals surface area contributed by atoms with Crippen molar-refractivity contribution in [2.24, 2.45) is 40.4 Å². The summed E-state index contributed by atoms with van der Waals surface area (Å²) in [6.07, 6.45) is 8.65. The van der Waals surface area contributed by atoms with Gasteiger partial charge in [0, 0.05) is 6.42 Å². The fourth-order valence-electron chi connectivity index (χ4n) is 10.8. The summed E-state index contributed by atoms with van der Waals surface area (Å²) < 4.78 is 18.9. The van der Waals surface area contributed by atoms with Crippen LogP contribution in [0.25, 0.3) is 0 Å². The van der Waals surface area contributed by atoms with E-state index in [-0.39, 0.29) is 47.0 Å². The molecule has 2 aliphatic heterocycles. The van der Waals surface area contributed by atoms with E-state index in [0.717, 1.165) is 67.8 Å². The van der Waals surface area contributed by atoms with E-state index in [9.17, 15) is 14.4 Å². The first kappa shape index (κ1) is 29.5. The first-order chi connectivity index (χ1) is 19.4. The summed E-state index contributed by atoms with van der Waals surface area (Å²) in [5.41, 5.74) is 0.342. The molecule has 0 N–H and O–H groups in total. The van der Waals surface area contributed by atoms with Crippen molar-refractivity contribution in [2.75, 3.05) is 6.61 Å². The summed E-state index contributed by atoms with van der Waals surface area (Å²) in [4.78, 5) is 39.7. The van der Waals surface area contributed by atoms with Gasteiger partial charge < -0.3 is 13.9 Å². The zero-order valence-electron chi connectivity index (χ0n) is 26.2. The second kappa shape index (κ2) is 9.98. The van der Waals surface area contributed by atoms with Gasteiger partial charge in [0.2, 0.25) is 0 Å². The Hall–Kier alpha value is -1.57. The van der Waals surface area contributed by atoms with E-state index in [4.69, 9.17) is 13.9 Å². The lowest BCUT2D eigenvalue weighted by Gasteiger charge is -2.57. The molecule has 41 heavy (non-hydrogen) atoms. The van der Waals surface area contributed by atoms with E-state index in [2.05, 4.69) is 41.5 Å². The van der Waals surface area contributed by atoms with Crippen LogP contribution in [0.15, 0.2) is 23.3 Å². The van der Waals surface area contributed by atoms with E-state index in [1.54, 1.807) is 0 Å². The van der Waals surface area contributed by atoms with Crippen LogP contribution in [0.2, 0.25) is 18.1 Å². The number of carbonyl (C=O) groups excluding carboxylic acids is 3. The zero-order chi connectivity index (χ0) is 29.5. The summed E-state index contributed by atoms with van der Waals surface area (Å²) in [5.74, 6) is 1.67. The van der Waals surface area contributed by atoms with Crippen molar-refractivity contribution in [1.29, 1.82) is 0 Å². The molecule has 0 radical (unpaired) electrons. The topological polar surface area (TPSA) is 82.2 Å². The average Bonchev–Trinajstić information content (AvgIpc) is 3.59. The summed E-state index contributed by atoms with van der Waals surface area (Å²) in [7, 11) is -1.79. The van der Waals surface area contributed by atoms with Crippen molar-refractivity contribution < 1.29 is 28.3 Å². The normalized spacial score (nSPS) is 44.1. The molecule has 7 heteroatoms. The maximum atomic E-state index is 13.4. The summed E-state index contributed by atoms with van der Waals surface area (Å²) in [5, 5.41) is 0. The van der Waals surface area contributed by atoms with Crippen LogP contribution in [0.4, 0.5) is 0 Å². The molecule has 1 spiro atoms. The lowest BCUT2D eigenvalue weighted by Crippen LogP contribution is -2.62. The zero-order valence-corrected chi connectivity index (χ0v) is 27.2. The van der Waals surface area contributed by atoms with Gasteiger partial charge in [-0.2, -0.15) is 0 Å². The Morgan fingerprint density at radius 3 is 2.34 bits per heavy atom. The van der Waals surface area contributed by atoms with Crippen LogP contribution in [0, 0.1) is 40.4 Å². The number of allylic oxidation sites excluding steroid dienone is 1. The molecule has 10 atom stereocenters. The second-order valence-corrected chi connectivity index (χ2v) is 19.5. The molecule has 6 rings (SSSR count). The standard InChI is InChI=1S/C34H50O6Si/c1-8-41(9-2,10-3)38-19-23-20(4)17-27(39-31(23)37)21(5)24-11-12-25-22-18-30-34(40-30)29(36)14-13-28(35)33(34,7)26(22)15-16-32(24,25)6/h13-14,21-22,24-27,30H,8-12,15-19H2,1-7H3/t21-,22-,24+,25-,26-,27+,30+,32+,33-,34+/m0/s1. The molecule has 2 heterocycles. The third-order valence-corrected chi connectivity index (χ3v) is 18.3. The molecule has 0 aromatic rings. The molecular weight excluding hydrogens is 532 g/mol. The Morgan fingerprint density at radius 2 is 1.68 bits per heavy atom. The molecule has 3 saturated carbocycles. The van der Waals surface area contributed by atoms with Gasteiger partial charge in [-0.25, -0.2) is 4.79 Å². The number of ketones is 2. The molecule has 0 aromatic carbocycles. The molecule has 0 amide bonds. The first-order valence-corrected chi connectivity index (χ1v) is 18.9. The SMILES string of the molecule is CC[Si](CC)(CC)OCC1=C(C)C[C@H]([C@@H](C)[C@H]2CC[C@H]3[C@@H]4C[C@H]5O[C@]56C(=O)C=CC(=O)[C@]6(C)[C@H]4CC[C@]23C)OC1=O. The largest absolute Gasteiger partial charge is 0.458 e. The molecule has 4 fully saturated rings. The Morgan fingerprint density at radius 1 is 1.00 bits per heavy atom. The van der Waals surface area contributed by atoms with Crippen molar-refractivity contribution in [3.8, 4) is 0 Å². The van der Waals surface area contributed by atoms with Crippen LogP contribution < -0.4 is 0 Å². The fraction of sp³-hybridized carbons (Fsp3) is 0.794. The minimum Gasteiger partial charge on any atom is -0.458 e. The molecule has 6 aliphatic rings. The molecule has 6 nitrogen and oxygen atoms in total. The Kier molecular flexibility index (Phi) is 7.18. The summed E-state index contributed by atoms with van der Waals surface area (Å²) >= 11 is 0. The maximum Gasteiger partial charge on any atom is 0.336 e. The van der Waals surface area contributed by atoms with Gasteiger partial charge in [0.1, 0.15) is 6.10 Å². The van der Waals surface area contributed by atoms with Gasteiger partial charge in [0.25, 0.3) is 0 Å². The second-order valence-electron chi connectivity index (χ2n) is 14.7. The maximum absolute atomic E-state index is 13.4. The number of ether oxygens (including phenoxy) is 2. The van der Waals surface area contributed by atoms with Gasteiger partial charge in [-0.05, 0) is 111 Å². The highest BCUT2D eigenvalue weighted by molar-refractivity contribution is 6.73. The van der Waals surface area contributed by atoms with Crippen LogP contribution in [0.1, 0.15) is 87.0 Å². The summed E-state index contributed by atoms with van der Waals surface area (Å²) in [6, 6.07) is 3.20. The summed E-state index contributed by atoms with van der Waals surface area (Å²) in [6.45, 7) is 15.9. The van der Waals surface area contributed by atoms with E-state index >= 15 is 0 Å². The third kappa shape index (κ3) is 3.96. The van der Waals surface area contributed by atoms with Crippen molar-refractivity contribution in [3.63, 3.8) is 0 Å². The Labute approximate surface area is 247 Å². The van der Waals surface area contributed by atoms with Crippen LogP contribution >= 0.6 is 0 Å². The van der Waals surface area contributed by atoms with E-state index in [0.29, 0.717) is 24.4 Å². The lowest BCUT2D eigenvalue weighted by molar-refractivity contribution is -0.155. The van der Waals surface area contributed by atoms with Crippen LogP contribution in [-0.2, 0) is 28.3 Å². The number of fused-ring (bicyclic) bond motifs is 4. The number of carbonyl (C=O) groups is 3. The number of rotatable bonds is 8. The van der Waals surface area contributed by atoms with Gasteiger partial charge in [0.05, 0.1) is 23.7 Å². The monoisotopic (exact) mass is 582 g/mol. The van der Waals surface area contributed by atoms with E-state index < -0.39 is 19.3 Å². The van der Waals surface area contributed by atoms with Gasteiger partial charge in [-0.15, -0.1) is 0 Å². The minimum atomic E-state index is -1.79. The van der Waals surface area contributed by atoms with Gasteiger partial charge >= 0.3 is 5.97 Å². The van der Waals surface area contributed by atoms with Gasteiger partial charge in [0.15, 0.2) is 25.5 Å². The Bertz CT molecular complexity index is 1190. The molecule has 0 aromatic heterocycles. The minimum absolute atomic E-state index is 0.00581. The molecule has 226 valence electrons. The third-order valence-electron chi connectivity index (χ3n) is 13.7. The van der Waals surface area contributed by atoms with Crippen LogP contribution in [0.3, 0.4) is 0 Å². The van der Waals surface area contributed by atoms with E-state index in [1.807, 2.05) is 6.92 Å². The Balaban J connectivity index is 1.18. The molecule has 4 aliphatic carbocycles. The predicted octanol–water partition coefficient (Wildman–Crippen LogP) is 6.59. The number of hydrogen-bond donors (Lipinski definition) is 0. The molecule has 1 saturated heterocycles. The molecule has 0 bridgehead atoms. The van der Waals surface area contributed by atoms with Crippen LogP contribution in [-0.4, -0.2) is 50.3 Å². The highest BCUT2D eigenvalue weighted by atomic mass is 28.4. The van der Waals surface area contributed by atoms with Crippen molar-refractivity contribution in [1.82, 2.24) is 0 Å². The first-order valence-electron chi connectivity index (χ1n) is 16.4. The fourth-order valence-corrected chi connectivity index (χ4v) is 13.3. The lowest BCUT2D eigenvalue weighted by atomic mass is 9.44. The number of esters is 1.